The van der Waals surface area contributed by atoms with E-state index in [4.69, 9.17) is 4.42 Å². The molecule has 1 saturated heterocycles. The standard InChI is InChI=1S/C26H32N2O2/c1-2-26(16-7-4-8-17-26)28(25(29)24-12-9-21-30-24)23-14-19-27(20-15-23)18-13-22-10-5-3-6-11-22/h3-12,16,21,23H,2,13-15,17-20H2,1H3. The number of likely N-dealkylation sites (tertiary alicyclic amines) is 1. The summed E-state index contributed by atoms with van der Waals surface area (Å²) in [6.07, 6.45) is 15.0. The number of furan rings is 1. The molecular weight excluding hydrogens is 372 g/mol. The van der Waals surface area contributed by atoms with E-state index in [1.807, 2.05) is 0 Å². The van der Waals surface area contributed by atoms with Gasteiger partial charge in [-0.2, -0.15) is 0 Å². The maximum Gasteiger partial charge on any atom is 0.290 e. The minimum atomic E-state index is -0.268. The molecule has 1 unspecified atom stereocenters. The fourth-order valence-electron chi connectivity index (χ4n) is 4.85. The van der Waals surface area contributed by atoms with Crippen LogP contribution in [-0.4, -0.2) is 46.9 Å². The lowest BCUT2D eigenvalue weighted by Crippen LogP contribution is -2.58. The van der Waals surface area contributed by atoms with E-state index in [1.165, 1.54) is 5.56 Å². The van der Waals surface area contributed by atoms with Crippen molar-refractivity contribution in [2.24, 2.45) is 0 Å². The molecule has 1 aromatic heterocycles. The van der Waals surface area contributed by atoms with Crippen molar-refractivity contribution in [3.63, 3.8) is 0 Å². The van der Waals surface area contributed by atoms with Gasteiger partial charge in [0.2, 0.25) is 0 Å². The molecule has 0 saturated carbocycles. The molecule has 1 amide bonds. The number of rotatable bonds is 7. The third kappa shape index (κ3) is 4.44. The number of carbonyl (C=O) groups is 1. The minimum absolute atomic E-state index is 0.0181. The van der Waals surface area contributed by atoms with Crippen molar-refractivity contribution in [2.75, 3.05) is 19.6 Å². The molecule has 0 spiro atoms. The maximum absolute atomic E-state index is 13.5. The van der Waals surface area contributed by atoms with Gasteiger partial charge in [0.1, 0.15) is 0 Å². The van der Waals surface area contributed by atoms with Gasteiger partial charge in [0.05, 0.1) is 11.8 Å². The highest BCUT2D eigenvalue weighted by Crippen LogP contribution is 2.35. The lowest BCUT2D eigenvalue weighted by atomic mass is 9.83. The number of benzene rings is 1. The Balaban J connectivity index is 1.46. The van der Waals surface area contributed by atoms with Gasteiger partial charge in [-0.3, -0.25) is 4.79 Å². The number of nitrogens with zero attached hydrogens (tertiary/aromatic N) is 2. The van der Waals surface area contributed by atoms with Gasteiger partial charge in [-0.15, -0.1) is 0 Å². The average Bonchev–Trinajstić information content (AvgIpc) is 3.35. The van der Waals surface area contributed by atoms with Crippen LogP contribution in [0.5, 0.6) is 0 Å². The number of piperidine rings is 1. The molecule has 1 fully saturated rings. The molecule has 4 rings (SSSR count). The predicted molar refractivity (Wildman–Crippen MR) is 120 cm³/mol. The molecule has 4 heteroatoms. The van der Waals surface area contributed by atoms with Crippen molar-refractivity contribution < 1.29 is 9.21 Å². The molecule has 1 aliphatic heterocycles. The Hall–Kier alpha value is -2.59. The van der Waals surface area contributed by atoms with Crippen molar-refractivity contribution >= 4 is 5.91 Å². The topological polar surface area (TPSA) is 36.7 Å². The molecule has 1 atom stereocenters. The van der Waals surface area contributed by atoms with Gasteiger partial charge in [0.25, 0.3) is 5.91 Å². The Bertz CT molecular complexity index is 864. The van der Waals surface area contributed by atoms with Crippen LogP contribution >= 0.6 is 0 Å². The van der Waals surface area contributed by atoms with Crippen LogP contribution in [0.15, 0.2) is 77.4 Å². The van der Waals surface area contributed by atoms with Gasteiger partial charge < -0.3 is 14.2 Å². The fraction of sp³-hybridized carbons (Fsp3) is 0.423. The molecule has 2 aliphatic rings. The SMILES string of the molecule is CCC1(N(C(=O)c2ccco2)C2CCN(CCc3ccccc3)CC2)C=CC=CC1. The lowest BCUT2D eigenvalue weighted by Gasteiger charge is -2.48. The first-order valence-electron chi connectivity index (χ1n) is 11.2. The van der Waals surface area contributed by atoms with Crippen molar-refractivity contribution in [3.05, 3.63) is 84.4 Å². The van der Waals surface area contributed by atoms with E-state index in [1.54, 1.807) is 18.4 Å². The zero-order valence-electron chi connectivity index (χ0n) is 17.9. The molecule has 2 aromatic rings. The quantitative estimate of drug-likeness (QED) is 0.645. The van der Waals surface area contributed by atoms with Crippen molar-refractivity contribution in [1.29, 1.82) is 0 Å². The number of carbonyl (C=O) groups excluding carboxylic acids is 1. The smallest absolute Gasteiger partial charge is 0.290 e. The molecule has 1 aromatic carbocycles. The van der Waals surface area contributed by atoms with Crippen LogP contribution in [0.4, 0.5) is 0 Å². The van der Waals surface area contributed by atoms with Crippen LogP contribution < -0.4 is 0 Å². The molecule has 0 bridgehead atoms. The van der Waals surface area contributed by atoms with Crippen LogP contribution in [0.25, 0.3) is 0 Å². The second-order valence-electron chi connectivity index (χ2n) is 8.41. The first kappa shape index (κ1) is 20.7. The summed E-state index contributed by atoms with van der Waals surface area (Å²) < 4.78 is 5.51. The normalized spacial score (nSPS) is 22.3. The summed E-state index contributed by atoms with van der Waals surface area (Å²) in [5.41, 5.74) is 1.12. The number of amides is 1. The molecule has 0 radical (unpaired) electrons. The highest BCUT2D eigenvalue weighted by atomic mass is 16.3. The minimum Gasteiger partial charge on any atom is -0.459 e. The predicted octanol–water partition coefficient (Wildman–Crippen LogP) is 5.09. The Morgan fingerprint density at radius 1 is 1.13 bits per heavy atom. The van der Waals surface area contributed by atoms with Gasteiger partial charge in [0.15, 0.2) is 5.76 Å². The monoisotopic (exact) mass is 404 g/mol. The van der Waals surface area contributed by atoms with Gasteiger partial charge in [-0.1, -0.05) is 61.6 Å². The first-order chi connectivity index (χ1) is 14.7. The maximum atomic E-state index is 13.5. The summed E-state index contributed by atoms with van der Waals surface area (Å²) in [4.78, 5) is 18.2. The number of hydrogen-bond acceptors (Lipinski definition) is 3. The first-order valence-corrected chi connectivity index (χ1v) is 11.2. The highest BCUT2D eigenvalue weighted by Gasteiger charge is 2.42. The van der Waals surface area contributed by atoms with Crippen LogP contribution in [0.2, 0.25) is 0 Å². The van der Waals surface area contributed by atoms with E-state index < -0.39 is 0 Å². The fourth-order valence-corrected chi connectivity index (χ4v) is 4.85. The molecule has 1 aliphatic carbocycles. The molecule has 158 valence electrons. The zero-order valence-corrected chi connectivity index (χ0v) is 17.9. The van der Waals surface area contributed by atoms with E-state index in [-0.39, 0.29) is 17.5 Å². The average molecular weight is 405 g/mol. The summed E-state index contributed by atoms with van der Waals surface area (Å²) in [5.74, 6) is 0.460. The van der Waals surface area contributed by atoms with Crippen LogP contribution in [0.1, 0.15) is 48.7 Å². The van der Waals surface area contributed by atoms with Crippen molar-refractivity contribution in [2.45, 2.75) is 50.6 Å². The Morgan fingerprint density at radius 3 is 2.57 bits per heavy atom. The summed E-state index contributed by atoms with van der Waals surface area (Å²) in [5, 5.41) is 0. The largest absolute Gasteiger partial charge is 0.459 e. The Morgan fingerprint density at radius 2 is 1.93 bits per heavy atom. The third-order valence-corrected chi connectivity index (χ3v) is 6.65. The molecule has 2 heterocycles. The summed E-state index contributed by atoms with van der Waals surface area (Å²) in [7, 11) is 0. The second kappa shape index (κ2) is 9.48. The van der Waals surface area contributed by atoms with Crippen molar-refractivity contribution in [1.82, 2.24) is 9.80 Å². The van der Waals surface area contributed by atoms with E-state index in [0.717, 1.165) is 51.7 Å². The number of hydrogen-bond donors (Lipinski definition) is 0. The summed E-state index contributed by atoms with van der Waals surface area (Å²) in [6.45, 7) is 5.31. The van der Waals surface area contributed by atoms with E-state index >= 15 is 0 Å². The van der Waals surface area contributed by atoms with Gasteiger partial charge in [-0.05, 0) is 49.8 Å². The summed E-state index contributed by atoms with van der Waals surface area (Å²) in [6, 6.07) is 14.5. The van der Waals surface area contributed by atoms with Gasteiger partial charge >= 0.3 is 0 Å². The Labute approximate surface area is 179 Å². The second-order valence-corrected chi connectivity index (χ2v) is 8.41. The number of allylic oxidation sites excluding steroid dienone is 2. The van der Waals surface area contributed by atoms with E-state index in [2.05, 4.69) is 71.4 Å². The van der Waals surface area contributed by atoms with Crippen LogP contribution in [0, 0.1) is 0 Å². The highest BCUT2D eigenvalue weighted by molar-refractivity contribution is 5.92. The third-order valence-electron chi connectivity index (χ3n) is 6.65. The summed E-state index contributed by atoms with van der Waals surface area (Å²) >= 11 is 0. The van der Waals surface area contributed by atoms with Crippen molar-refractivity contribution in [3.8, 4) is 0 Å². The zero-order chi connectivity index (χ0) is 20.8. The molecule has 0 N–H and O–H groups in total. The molecule has 30 heavy (non-hydrogen) atoms. The van der Waals surface area contributed by atoms with Gasteiger partial charge in [0, 0.05) is 25.7 Å². The van der Waals surface area contributed by atoms with E-state index in [0.29, 0.717) is 5.76 Å². The lowest BCUT2D eigenvalue weighted by molar-refractivity contribution is 0.0233. The molecule has 4 nitrogen and oxygen atoms in total. The van der Waals surface area contributed by atoms with Gasteiger partial charge in [-0.25, -0.2) is 0 Å². The Kier molecular flexibility index (Phi) is 6.53. The van der Waals surface area contributed by atoms with E-state index in [9.17, 15) is 4.79 Å². The van der Waals surface area contributed by atoms with Crippen LogP contribution in [0.3, 0.4) is 0 Å². The molecular formula is C26H32N2O2. The van der Waals surface area contributed by atoms with Crippen LogP contribution in [-0.2, 0) is 6.42 Å².